The first kappa shape index (κ1) is 18.4. The van der Waals surface area contributed by atoms with Gasteiger partial charge in [-0.2, -0.15) is 0 Å². The number of anilines is 2. The smallest absolute Gasteiger partial charge is 0.257 e. The first-order valence-corrected chi connectivity index (χ1v) is 9.61. The molecule has 1 amide bonds. The van der Waals surface area contributed by atoms with Crippen molar-refractivity contribution in [2.45, 2.75) is 52.5 Å². The number of hydrogen-bond acceptors (Lipinski definition) is 4. The number of hydrogen-bond donors (Lipinski definition) is 0. The zero-order chi connectivity index (χ0) is 18.5. The Labute approximate surface area is 156 Å². The number of rotatable bonds is 5. The topological polar surface area (TPSA) is 49.3 Å². The highest BCUT2D eigenvalue weighted by molar-refractivity contribution is 5.94. The Kier molecular flexibility index (Phi) is 5.86. The van der Waals surface area contributed by atoms with Gasteiger partial charge >= 0.3 is 0 Å². The van der Waals surface area contributed by atoms with Gasteiger partial charge in [-0.15, -0.1) is 0 Å². The van der Waals surface area contributed by atoms with Crippen LogP contribution in [0, 0.1) is 6.92 Å². The van der Waals surface area contributed by atoms with E-state index in [0.717, 1.165) is 38.0 Å². The highest BCUT2D eigenvalue weighted by atomic mass is 16.2. The molecular formula is C21H28N4O. The molecule has 5 heteroatoms. The number of amides is 1. The molecule has 2 aromatic rings. The van der Waals surface area contributed by atoms with Gasteiger partial charge < -0.3 is 9.80 Å². The number of carbonyl (C=O) groups is 1. The molecule has 0 saturated carbocycles. The Hall–Kier alpha value is -2.43. The molecule has 1 unspecified atom stereocenters. The van der Waals surface area contributed by atoms with E-state index in [1.807, 2.05) is 11.0 Å². The van der Waals surface area contributed by atoms with Crippen LogP contribution in [0.25, 0.3) is 0 Å². The van der Waals surface area contributed by atoms with Crippen LogP contribution in [0.15, 0.2) is 36.7 Å². The molecule has 0 aliphatic carbocycles. The zero-order valence-corrected chi connectivity index (χ0v) is 16.0. The highest BCUT2D eigenvalue weighted by Crippen LogP contribution is 2.24. The van der Waals surface area contributed by atoms with E-state index >= 15 is 0 Å². The van der Waals surface area contributed by atoms with Crippen LogP contribution in [0.3, 0.4) is 0 Å². The van der Waals surface area contributed by atoms with Gasteiger partial charge in [-0.3, -0.25) is 4.79 Å². The molecule has 1 aromatic carbocycles. The standard InChI is InChI=1S/C21H28N4O/c1-4-18-10-6-7-12-25(18)20(26)17-14-22-21(23-15-17)24(5-2)19-11-8-9-16(3)13-19/h8-9,11,13-15,18H,4-7,10,12H2,1-3H3. The SMILES string of the molecule is CCC1CCCCN1C(=O)c1cnc(N(CC)c2cccc(C)c2)nc1. The summed E-state index contributed by atoms with van der Waals surface area (Å²) in [4.78, 5) is 25.9. The van der Waals surface area contributed by atoms with Crippen LogP contribution in [-0.4, -0.2) is 39.9 Å². The summed E-state index contributed by atoms with van der Waals surface area (Å²) in [5, 5.41) is 0. The molecule has 0 radical (unpaired) electrons. The second-order valence-electron chi connectivity index (χ2n) is 6.91. The minimum absolute atomic E-state index is 0.0571. The predicted octanol–water partition coefficient (Wildman–Crippen LogP) is 4.35. The molecule has 3 rings (SSSR count). The maximum absolute atomic E-state index is 12.9. The Bertz CT molecular complexity index is 744. The fourth-order valence-corrected chi connectivity index (χ4v) is 3.66. The van der Waals surface area contributed by atoms with E-state index in [1.54, 1.807) is 12.4 Å². The number of likely N-dealkylation sites (tertiary alicyclic amines) is 1. The van der Waals surface area contributed by atoms with Crippen molar-refractivity contribution in [2.75, 3.05) is 18.0 Å². The third kappa shape index (κ3) is 3.87. The van der Waals surface area contributed by atoms with Crippen LogP contribution >= 0.6 is 0 Å². The van der Waals surface area contributed by atoms with Gasteiger partial charge in [0.2, 0.25) is 5.95 Å². The van der Waals surface area contributed by atoms with Crippen molar-refractivity contribution in [1.82, 2.24) is 14.9 Å². The molecule has 2 heterocycles. The number of carbonyl (C=O) groups excluding carboxylic acids is 1. The summed E-state index contributed by atoms with van der Waals surface area (Å²) in [5.41, 5.74) is 2.84. The molecule has 26 heavy (non-hydrogen) atoms. The van der Waals surface area contributed by atoms with Crippen molar-refractivity contribution in [3.63, 3.8) is 0 Å². The number of aryl methyl sites for hydroxylation is 1. The Morgan fingerprint density at radius 2 is 2.00 bits per heavy atom. The number of nitrogens with zero attached hydrogens (tertiary/aromatic N) is 4. The van der Waals surface area contributed by atoms with Crippen LogP contribution in [0.2, 0.25) is 0 Å². The monoisotopic (exact) mass is 352 g/mol. The van der Waals surface area contributed by atoms with Gasteiger partial charge in [-0.25, -0.2) is 9.97 Å². The number of benzene rings is 1. The van der Waals surface area contributed by atoms with Gasteiger partial charge in [0.15, 0.2) is 0 Å². The first-order chi connectivity index (χ1) is 12.6. The van der Waals surface area contributed by atoms with Crippen molar-refractivity contribution in [2.24, 2.45) is 0 Å². The van der Waals surface area contributed by atoms with Gasteiger partial charge in [0.25, 0.3) is 5.91 Å². The molecule has 1 aromatic heterocycles. The van der Waals surface area contributed by atoms with Gasteiger partial charge in [-0.1, -0.05) is 19.1 Å². The summed E-state index contributed by atoms with van der Waals surface area (Å²) < 4.78 is 0. The maximum atomic E-state index is 12.9. The summed E-state index contributed by atoms with van der Waals surface area (Å²) in [5.74, 6) is 0.682. The van der Waals surface area contributed by atoms with E-state index < -0.39 is 0 Å². The summed E-state index contributed by atoms with van der Waals surface area (Å²) in [6.07, 6.45) is 7.73. The molecule has 1 atom stereocenters. The fraction of sp³-hybridized carbons (Fsp3) is 0.476. The Morgan fingerprint density at radius 3 is 2.65 bits per heavy atom. The molecule has 0 spiro atoms. The lowest BCUT2D eigenvalue weighted by Crippen LogP contribution is -2.43. The third-order valence-electron chi connectivity index (χ3n) is 5.12. The Morgan fingerprint density at radius 1 is 1.23 bits per heavy atom. The zero-order valence-electron chi connectivity index (χ0n) is 16.0. The minimum Gasteiger partial charge on any atom is -0.336 e. The molecule has 0 bridgehead atoms. The van der Waals surface area contributed by atoms with Gasteiger partial charge in [0.1, 0.15) is 0 Å². The largest absolute Gasteiger partial charge is 0.336 e. The van der Waals surface area contributed by atoms with Crippen molar-refractivity contribution < 1.29 is 4.79 Å². The van der Waals surface area contributed by atoms with Crippen LogP contribution < -0.4 is 4.90 Å². The van der Waals surface area contributed by atoms with E-state index in [4.69, 9.17) is 0 Å². The first-order valence-electron chi connectivity index (χ1n) is 9.61. The van der Waals surface area contributed by atoms with Gasteiger partial charge in [-0.05, 0) is 57.2 Å². The lowest BCUT2D eigenvalue weighted by molar-refractivity contribution is 0.0607. The molecule has 138 valence electrons. The average Bonchev–Trinajstić information content (AvgIpc) is 2.68. The predicted molar refractivity (Wildman–Crippen MR) is 105 cm³/mol. The maximum Gasteiger partial charge on any atom is 0.257 e. The van der Waals surface area contributed by atoms with Crippen molar-refractivity contribution in [3.8, 4) is 0 Å². The summed E-state index contributed by atoms with van der Waals surface area (Å²) in [6, 6.07) is 8.62. The van der Waals surface area contributed by atoms with E-state index in [9.17, 15) is 4.79 Å². The molecule has 1 saturated heterocycles. The van der Waals surface area contributed by atoms with Crippen molar-refractivity contribution >= 4 is 17.5 Å². The Balaban J connectivity index is 1.80. The van der Waals surface area contributed by atoms with E-state index in [-0.39, 0.29) is 5.91 Å². The van der Waals surface area contributed by atoms with Crippen LogP contribution in [0.4, 0.5) is 11.6 Å². The lowest BCUT2D eigenvalue weighted by Gasteiger charge is -2.35. The van der Waals surface area contributed by atoms with E-state index in [0.29, 0.717) is 17.6 Å². The molecule has 5 nitrogen and oxygen atoms in total. The van der Waals surface area contributed by atoms with E-state index in [1.165, 1.54) is 12.0 Å². The lowest BCUT2D eigenvalue weighted by atomic mass is 9.99. The van der Waals surface area contributed by atoms with Gasteiger partial charge in [0, 0.05) is 37.2 Å². The minimum atomic E-state index is 0.0571. The molecule has 1 aliphatic heterocycles. The fourth-order valence-electron chi connectivity index (χ4n) is 3.66. The van der Waals surface area contributed by atoms with Crippen LogP contribution in [0.5, 0.6) is 0 Å². The molecular weight excluding hydrogens is 324 g/mol. The van der Waals surface area contributed by atoms with Crippen LogP contribution in [-0.2, 0) is 0 Å². The molecule has 1 fully saturated rings. The molecule has 1 aliphatic rings. The average molecular weight is 352 g/mol. The third-order valence-corrected chi connectivity index (χ3v) is 5.12. The second-order valence-corrected chi connectivity index (χ2v) is 6.91. The number of aromatic nitrogens is 2. The summed E-state index contributed by atoms with van der Waals surface area (Å²) in [6.45, 7) is 7.90. The van der Waals surface area contributed by atoms with Crippen molar-refractivity contribution in [3.05, 3.63) is 47.8 Å². The van der Waals surface area contributed by atoms with Crippen LogP contribution in [0.1, 0.15) is 55.5 Å². The van der Waals surface area contributed by atoms with E-state index in [2.05, 4.69) is 53.8 Å². The summed E-state index contributed by atoms with van der Waals surface area (Å²) >= 11 is 0. The second kappa shape index (κ2) is 8.30. The molecule has 0 N–H and O–H groups in total. The summed E-state index contributed by atoms with van der Waals surface area (Å²) in [7, 11) is 0. The number of piperidine rings is 1. The highest BCUT2D eigenvalue weighted by Gasteiger charge is 2.26. The quantitative estimate of drug-likeness (QED) is 0.803. The van der Waals surface area contributed by atoms with Crippen molar-refractivity contribution in [1.29, 1.82) is 0 Å². The van der Waals surface area contributed by atoms with Gasteiger partial charge in [0.05, 0.1) is 5.56 Å². The normalized spacial score (nSPS) is 17.2.